The highest BCUT2D eigenvalue weighted by molar-refractivity contribution is 5.94. The molecule has 1 saturated heterocycles. The summed E-state index contributed by atoms with van der Waals surface area (Å²) in [5.41, 5.74) is 1.89. The van der Waals surface area contributed by atoms with Crippen LogP contribution >= 0.6 is 0 Å². The van der Waals surface area contributed by atoms with Crippen LogP contribution in [-0.4, -0.2) is 50.7 Å². The van der Waals surface area contributed by atoms with Crippen LogP contribution in [0.5, 0.6) is 0 Å². The standard InChI is InChI=1S/C18H28N2O2/c1-4-14-22-17-6-5-12-20(13-11-17)18(21)15-7-9-16(10-8-15)19(2)3/h7-10,17H,4-6,11-14H2,1-3H3. The average Bonchev–Trinajstić information content (AvgIpc) is 2.78. The number of ether oxygens (including phenoxy) is 1. The van der Waals surface area contributed by atoms with Crippen LogP contribution in [0.25, 0.3) is 0 Å². The van der Waals surface area contributed by atoms with Gasteiger partial charge in [-0.05, 0) is 49.9 Å². The molecule has 0 aliphatic carbocycles. The van der Waals surface area contributed by atoms with E-state index in [1.54, 1.807) is 0 Å². The molecule has 0 spiro atoms. The number of likely N-dealkylation sites (tertiary alicyclic amines) is 1. The van der Waals surface area contributed by atoms with E-state index in [4.69, 9.17) is 4.74 Å². The maximum Gasteiger partial charge on any atom is 0.253 e. The van der Waals surface area contributed by atoms with Crippen molar-refractivity contribution in [2.75, 3.05) is 38.7 Å². The molecule has 4 heteroatoms. The molecule has 0 bridgehead atoms. The Kier molecular flexibility index (Phi) is 6.25. The van der Waals surface area contributed by atoms with Crippen molar-refractivity contribution in [2.24, 2.45) is 0 Å². The van der Waals surface area contributed by atoms with E-state index in [0.717, 1.165) is 56.6 Å². The number of hydrogen-bond donors (Lipinski definition) is 0. The Morgan fingerprint density at radius 1 is 1.23 bits per heavy atom. The quantitative estimate of drug-likeness (QED) is 0.837. The van der Waals surface area contributed by atoms with E-state index in [1.165, 1.54) is 0 Å². The molecule has 1 aromatic rings. The minimum absolute atomic E-state index is 0.140. The highest BCUT2D eigenvalue weighted by atomic mass is 16.5. The molecule has 0 aromatic heterocycles. The monoisotopic (exact) mass is 304 g/mol. The Hall–Kier alpha value is -1.55. The van der Waals surface area contributed by atoms with Crippen LogP contribution in [0.3, 0.4) is 0 Å². The number of nitrogens with zero attached hydrogens (tertiary/aromatic N) is 2. The SMILES string of the molecule is CCCOC1CCCN(C(=O)c2ccc(N(C)C)cc2)CC1. The van der Waals surface area contributed by atoms with Crippen molar-refractivity contribution in [2.45, 2.75) is 38.7 Å². The molecular formula is C18H28N2O2. The van der Waals surface area contributed by atoms with E-state index in [0.29, 0.717) is 6.10 Å². The van der Waals surface area contributed by atoms with Crippen molar-refractivity contribution in [1.29, 1.82) is 0 Å². The van der Waals surface area contributed by atoms with Crippen molar-refractivity contribution in [3.05, 3.63) is 29.8 Å². The van der Waals surface area contributed by atoms with E-state index < -0.39 is 0 Å². The lowest BCUT2D eigenvalue weighted by Gasteiger charge is -2.21. The zero-order valence-electron chi connectivity index (χ0n) is 14.0. The predicted octanol–water partition coefficient (Wildman–Crippen LogP) is 3.17. The van der Waals surface area contributed by atoms with Crippen molar-refractivity contribution in [3.8, 4) is 0 Å². The lowest BCUT2D eigenvalue weighted by Crippen LogP contribution is -2.32. The summed E-state index contributed by atoms with van der Waals surface area (Å²) in [6, 6.07) is 7.84. The van der Waals surface area contributed by atoms with Crippen molar-refractivity contribution >= 4 is 11.6 Å². The fourth-order valence-corrected chi connectivity index (χ4v) is 2.80. The normalized spacial score (nSPS) is 18.9. The summed E-state index contributed by atoms with van der Waals surface area (Å²) >= 11 is 0. The van der Waals surface area contributed by atoms with Crippen LogP contribution in [0.1, 0.15) is 43.0 Å². The van der Waals surface area contributed by atoms with Gasteiger partial charge in [0.25, 0.3) is 5.91 Å². The predicted molar refractivity (Wildman–Crippen MR) is 90.6 cm³/mol. The van der Waals surface area contributed by atoms with Gasteiger partial charge >= 0.3 is 0 Å². The molecule has 122 valence electrons. The maximum absolute atomic E-state index is 12.6. The smallest absolute Gasteiger partial charge is 0.253 e. The summed E-state index contributed by atoms with van der Waals surface area (Å²) in [7, 11) is 4.00. The highest BCUT2D eigenvalue weighted by Crippen LogP contribution is 2.18. The van der Waals surface area contributed by atoms with Crippen LogP contribution in [0, 0.1) is 0 Å². The van der Waals surface area contributed by atoms with Crippen LogP contribution < -0.4 is 4.90 Å². The first-order valence-corrected chi connectivity index (χ1v) is 8.30. The minimum Gasteiger partial charge on any atom is -0.378 e. The summed E-state index contributed by atoms with van der Waals surface area (Å²) in [6.45, 7) is 4.58. The Bertz CT molecular complexity index is 470. The van der Waals surface area contributed by atoms with Gasteiger partial charge in [0, 0.05) is 45.0 Å². The zero-order chi connectivity index (χ0) is 15.9. The van der Waals surface area contributed by atoms with Gasteiger partial charge in [0.2, 0.25) is 0 Å². The molecule has 1 aromatic carbocycles. The number of hydrogen-bond acceptors (Lipinski definition) is 3. The molecule has 1 aliphatic heterocycles. The van der Waals surface area contributed by atoms with Crippen molar-refractivity contribution < 1.29 is 9.53 Å². The fraction of sp³-hybridized carbons (Fsp3) is 0.611. The Labute approximate surface area is 134 Å². The van der Waals surface area contributed by atoms with Crippen LogP contribution in [0.4, 0.5) is 5.69 Å². The zero-order valence-corrected chi connectivity index (χ0v) is 14.0. The van der Waals surface area contributed by atoms with E-state index in [2.05, 4.69) is 6.92 Å². The molecule has 22 heavy (non-hydrogen) atoms. The molecule has 2 rings (SSSR count). The molecule has 1 amide bonds. The topological polar surface area (TPSA) is 32.8 Å². The molecule has 1 aliphatic rings. The second-order valence-electron chi connectivity index (χ2n) is 6.16. The van der Waals surface area contributed by atoms with Crippen LogP contribution in [0.2, 0.25) is 0 Å². The number of carbonyl (C=O) groups excluding carboxylic acids is 1. The molecular weight excluding hydrogens is 276 g/mol. The van der Waals surface area contributed by atoms with Crippen molar-refractivity contribution in [1.82, 2.24) is 4.90 Å². The molecule has 0 radical (unpaired) electrons. The maximum atomic E-state index is 12.6. The van der Waals surface area contributed by atoms with Crippen LogP contribution in [0.15, 0.2) is 24.3 Å². The third-order valence-corrected chi connectivity index (χ3v) is 4.15. The van der Waals surface area contributed by atoms with E-state index in [9.17, 15) is 4.79 Å². The second-order valence-corrected chi connectivity index (χ2v) is 6.16. The van der Waals surface area contributed by atoms with E-state index >= 15 is 0 Å². The number of anilines is 1. The summed E-state index contributed by atoms with van der Waals surface area (Å²) in [6.07, 6.45) is 4.40. The summed E-state index contributed by atoms with van der Waals surface area (Å²) in [5, 5.41) is 0. The Balaban J connectivity index is 1.94. The Morgan fingerprint density at radius 3 is 2.59 bits per heavy atom. The molecule has 0 N–H and O–H groups in total. The molecule has 0 saturated carbocycles. The number of carbonyl (C=O) groups is 1. The molecule has 1 heterocycles. The summed E-state index contributed by atoms with van der Waals surface area (Å²) in [5.74, 6) is 0.140. The van der Waals surface area contributed by atoms with E-state index in [1.807, 2.05) is 48.2 Å². The van der Waals surface area contributed by atoms with Gasteiger partial charge < -0.3 is 14.5 Å². The highest BCUT2D eigenvalue weighted by Gasteiger charge is 2.21. The van der Waals surface area contributed by atoms with Gasteiger partial charge in [0.15, 0.2) is 0 Å². The summed E-state index contributed by atoms with van der Waals surface area (Å²) in [4.78, 5) is 16.6. The first kappa shape index (κ1) is 16.8. The van der Waals surface area contributed by atoms with Gasteiger partial charge in [-0.2, -0.15) is 0 Å². The number of benzene rings is 1. The van der Waals surface area contributed by atoms with Gasteiger partial charge in [-0.25, -0.2) is 0 Å². The lowest BCUT2D eigenvalue weighted by molar-refractivity contribution is 0.0432. The fourth-order valence-electron chi connectivity index (χ4n) is 2.80. The van der Waals surface area contributed by atoms with Crippen molar-refractivity contribution in [3.63, 3.8) is 0 Å². The van der Waals surface area contributed by atoms with E-state index in [-0.39, 0.29) is 5.91 Å². The van der Waals surface area contributed by atoms with Gasteiger partial charge in [-0.3, -0.25) is 4.79 Å². The minimum atomic E-state index is 0.140. The lowest BCUT2D eigenvalue weighted by atomic mass is 10.1. The molecule has 1 unspecified atom stereocenters. The van der Waals surface area contributed by atoms with Gasteiger partial charge in [-0.15, -0.1) is 0 Å². The molecule has 1 fully saturated rings. The third kappa shape index (κ3) is 4.47. The largest absolute Gasteiger partial charge is 0.378 e. The molecule has 4 nitrogen and oxygen atoms in total. The number of amides is 1. The van der Waals surface area contributed by atoms with Gasteiger partial charge in [-0.1, -0.05) is 6.92 Å². The van der Waals surface area contributed by atoms with Crippen LogP contribution in [-0.2, 0) is 4.74 Å². The molecule has 1 atom stereocenters. The number of rotatable bonds is 5. The summed E-state index contributed by atoms with van der Waals surface area (Å²) < 4.78 is 5.84. The van der Waals surface area contributed by atoms with Gasteiger partial charge in [0.1, 0.15) is 0 Å². The average molecular weight is 304 g/mol. The third-order valence-electron chi connectivity index (χ3n) is 4.15. The first-order valence-electron chi connectivity index (χ1n) is 8.30. The Morgan fingerprint density at radius 2 is 1.95 bits per heavy atom. The first-order chi connectivity index (χ1) is 10.6. The van der Waals surface area contributed by atoms with Gasteiger partial charge in [0.05, 0.1) is 6.10 Å². The second kappa shape index (κ2) is 8.18.